The summed E-state index contributed by atoms with van der Waals surface area (Å²) in [5.74, 6) is -6.31. The van der Waals surface area contributed by atoms with Crippen molar-refractivity contribution in [2.45, 2.75) is 0 Å². The van der Waals surface area contributed by atoms with Crippen molar-refractivity contribution in [3.8, 4) is 22.5 Å². The average Bonchev–Trinajstić information content (AvgIpc) is 3.91. The largest absolute Gasteiger partial charge is 3.00 e. The molecule has 7 rings (SSSR count). The first kappa shape index (κ1) is 37.3. The summed E-state index contributed by atoms with van der Waals surface area (Å²) in [5.41, 5.74) is 2.27. The molecular formula is C39H28F4IrN5O. The number of aliphatic hydroxyl groups excluding tert-OH is 1. The predicted molar refractivity (Wildman–Crippen MR) is 182 cm³/mol. The number of benzene rings is 3. The molecule has 0 radical (unpaired) electrons. The third kappa shape index (κ3) is 9.35. The fourth-order valence-electron chi connectivity index (χ4n) is 4.62. The Balaban J connectivity index is 0.000000187. The van der Waals surface area contributed by atoms with Crippen LogP contribution in [0.2, 0.25) is 0 Å². The van der Waals surface area contributed by atoms with Crippen LogP contribution in [0, 0.1) is 35.4 Å². The SMILES string of the molecule is OCCNc1c(F)c(F)c(/C(=C2\C=CC=N2)c2ccc[n-]2)c(F)c1F.[Ir+3].[c-]1ccccc1-c1ccccn1.[c-]1ccccc1-c1ccccn1. The molecule has 0 atom stereocenters. The first-order valence-electron chi connectivity index (χ1n) is 15.0. The molecule has 4 heterocycles. The number of nitrogens with one attached hydrogen (secondary N) is 1. The van der Waals surface area contributed by atoms with Gasteiger partial charge in [0.25, 0.3) is 0 Å². The molecule has 252 valence electrons. The molecule has 6 nitrogen and oxygen atoms in total. The summed E-state index contributed by atoms with van der Waals surface area (Å²) in [6, 6.07) is 36.6. The first-order valence-corrected chi connectivity index (χ1v) is 15.0. The summed E-state index contributed by atoms with van der Waals surface area (Å²) in [6.45, 7) is -0.729. The number of halogens is 4. The van der Waals surface area contributed by atoms with Gasteiger partial charge in [-0.2, -0.15) is 6.20 Å². The smallest absolute Gasteiger partial charge is 0.664 e. The molecule has 50 heavy (non-hydrogen) atoms. The van der Waals surface area contributed by atoms with E-state index in [9.17, 15) is 17.6 Å². The topological polar surface area (TPSA) is 84.5 Å². The molecular weight excluding hydrogens is 823 g/mol. The van der Waals surface area contributed by atoms with Crippen LogP contribution in [-0.4, -0.2) is 34.4 Å². The molecule has 2 N–H and O–H groups in total. The summed E-state index contributed by atoms with van der Waals surface area (Å²) in [6.07, 6.45) is 9.33. The van der Waals surface area contributed by atoms with Crippen LogP contribution in [0.25, 0.3) is 28.1 Å². The molecule has 3 aromatic carbocycles. The Hall–Kier alpha value is -5.48. The fourth-order valence-corrected chi connectivity index (χ4v) is 4.62. The fraction of sp³-hybridized carbons (Fsp3) is 0.0513. The van der Waals surface area contributed by atoms with Crippen molar-refractivity contribution in [3.05, 3.63) is 180 Å². The van der Waals surface area contributed by atoms with Crippen LogP contribution in [0.3, 0.4) is 0 Å². The van der Waals surface area contributed by atoms with E-state index in [0.29, 0.717) is 0 Å². The van der Waals surface area contributed by atoms with Crippen molar-refractivity contribution in [2.75, 3.05) is 18.5 Å². The molecule has 0 spiro atoms. The van der Waals surface area contributed by atoms with Crippen molar-refractivity contribution in [3.63, 3.8) is 0 Å². The average molecular weight is 851 g/mol. The molecule has 0 aliphatic carbocycles. The van der Waals surface area contributed by atoms with Gasteiger partial charge in [0, 0.05) is 25.2 Å². The normalized spacial score (nSPS) is 12.2. The zero-order chi connectivity index (χ0) is 34.4. The van der Waals surface area contributed by atoms with Crippen molar-refractivity contribution >= 4 is 17.5 Å². The van der Waals surface area contributed by atoms with Crippen LogP contribution in [0.4, 0.5) is 23.2 Å². The van der Waals surface area contributed by atoms with E-state index in [4.69, 9.17) is 5.11 Å². The number of anilines is 1. The number of nitrogens with zero attached hydrogens (tertiary/aromatic N) is 4. The van der Waals surface area contributed by atoms with Crippen LogP contribution >= 0.6 is 0 Å². The number of hydrogen-bond acceptors (Lipinski definition) is 5. The number of rotatable bonds is 7. The van der Waals surface area contributed by atoms with Gasteiger partial charge in [-0.3, -0.25) is 4.99 Å². The molecule has 0 fully saturated rings. The van der Waals surface area contributed by atoms with Gasteiger partial charge in [-0.25, -0.2) is 17.6 Å². The summed E-state index contributed by atoms with van der Waals surface area (Å²) < 4.78 is 57.8. The minimum absolute atomic E-state index is 0. The molecule has 0 saturated carbocycles. The van der Waals surface area contributed by atoms with Crippen LogP contribution in [-0.2, 0) is 20.1 Å². The second-order valence-corrected chi connectivity index (χ2v) is 10.1. The summed E-state index contributed by atoms with van der Waals surface area (Å²) in [4.78, 5) is 16.4. The monoisotopic (exact) mass is 851 g/mol. The number of aromatic nitrogens is 3. The number of aliphatic hydroxyl groups is 1. The molecule has 0 saturated heterocycles. The Labute approximate surface area is 300 Å². The Morgan fingerprint density at radius 1 is 0.720 bits per heavy atom. The van der Waals surface area contributed by atoms with E-state index < -0.39 is 41.1 Å². The van der Waals surface area contributed by atoms with Gasteiger partial charge in [-0.1, -0.05) is 36.4 Å². The third-order valence-corrected chi connectivity index (χ3v) is 6.85. The Kier molecular flexibility index (Phi) is 14.1. The van der Waals surface area contributed by atoms with Crippen molar-refractivity contribution in [2.24, 2.45) is 4.99 Å². The van der Waals surface area contributed by atoms with Crippen molar-refractivity contribution in [1.29, 1.82) is 0 Å². The third-order valence-electron chi connectivity index (χ3n) is 6.85. The van der Waals surface area contributed by atoms with Crippen LogP contribution in [0.5, 0.6) is 0 Å². The molecule has 0 unspecified atom stereocenters. The van der Waals surface area contributed by atoms with Crippen molar-refractivity contribution in [1.82, 2.24) is 15.0 Å². The zero-order valence-corrected chi connectivity index (χ0v) is 28.6. The predicted octanol–water partition coefficient (Wildman–Crippen LogP) is 8.10. The number of pyridine rings is 2. The molecule has 3 aromatic heterocycles. The maximum Gasteiger partial charge on any atom is 3.00 e. The second-order valence-electron chi connectivity index (χ2n) is 10.1. The zero-order valence-electron chi connectivity index (χ0n) is 26.2. The number of hydrogen-bond donors (Lipinski definition) is 2. The van der Waals surface area contributed by atoms with Gasteiger partial charge in [-0.15, -0.1) is 77.5 Å². The van der Waals surface area contributed by atoms with Gasteiger partial charge < -0.3 is 25.4 Å². The van der Waals surface area contributed by atoms with Crippen LogP contribution in [0.1, 0.15) is 11.3 Å². The van der Waals surface area contributed by atoms with Gasteiger partial charge >= 0.3 is 20.1 Å². The maximum atomic E-state index is 14.6. The van der Waals surface area contributed by atoms with E-state index >= 15 is 0 Å². The standard InChI is InChI=1S/C17H12F4N3O.2C11H8N.Ir/c18-13-12(14(19)16(21)17(15(13)20)24-7-8-25)11(9-3-1-5-22-9)10-4-2-6-23-10;2*1-2-6-10(7-3-1)11-8-4-5-9-12-11;/h1-6,24-25H,7-8H2;2*1-6,8-9H;/q3*-1;+3/b11-9+;;;. The molecule has 11 heteroatoms. The molecule has 0 bridgehead atoms. The summed E-state index contributed by atoms with van der Waals surface area (Å²) in [7, 11) is 0. The Bertz CT molecular complexity index is 1830. The summed E-state index contributed by atoms with van der Waals surface area (Å²) in [5, 5.41) is 10.9. The Morgan fingerprint density at radius 2 is 1.30 bits per heavy atom. The van der Waals surface area contributed by atoms with Crippen molar-refractivity contribution < 1.29 is 42.8 Å². The second kappa shape index (κ2) is 18.9. The van der Waals surface area contributed by atoms with Gasteiger partial charge in [0.05, 0.1) is 17.9 Å². The molecule has 6 aromatic rings. The Morgan fingerprint density at radius 3 is 1.72 bits per heavy atom. The number of aliphatic imine (C=N–C) groups is 1. The quantitative estimate of drug-likeness (QED) is 0.0965. The van der Waals surface area contributed by atoms with E-state index in [1.54, 1.807) is 12.4 Å². The van der Waals surface area contributed by atoms with E-state index in [1.165, 1.54) is 36.7 Å². The van der Waals surface area contributed by atoms with Crippen LogP contribution < -0.4 is 10.3 Å². The molecule has 1 aliphatic heterocycles. The van der Waals surface area contributed by atoms with Gasteiger partial charge in [0.15, 0.2) is 23.3 Å². The minimum Gasteiger partial charge on any atom is -0.664 e. The van der Waals surface area contributed by atoms with E-state index in [-0.39, 0.29) is 43.6 Å². The van der Waals surface area contributed by atoms with E-state index in [1.807, 2.05) is 84.9 Å². The molecule has 0 amide bonds. The van der Waals surface area contributed by atoms with Gasteiger partial charge in [0.2, 0.25) is 0 Å². The van der Waals surface area contributed by atoms with Gasteiger partial charge in [-0.05, 0) is 41.2 Å². The molecule has 1 aliphatic rings. The first-order chi connectivity index (χ1) is 24.0. The summed E-state index contributed by atoms with van der Waals surface area (Å²) >= 11 is 0. The minimum atomic E-state index is -1.59. The van der Waals surface area contributed by atoms with Crippen LogP contribution in [0.15, 0.2) is 138 Å². The number of allylic oxidation sites excluding steroid dienone is 2. The van der Waals surface area contributed by atoms with Gasteiger partial charge in [0.1, 0.15) is 5.69 Å². The van der Waals surface area contributed by atoms with E-state index in [2.05, 4.69) is 37.4 Å². The maximum absolute atomic E-state index is 14.6. The van der Waals surface area contributed by atoms with E-state index in [0.717, 1.165) is 22.5 Å².